The molecule has 1 aromatic carbocycles. The molecular weight excluding hydrogens is 298 g/mol. The van der Waals surface area contributed by atoms with Gasteiger partial charge in [-0.1, -0.05) is 11.6 Å². The molecule has 0 aliphatic carbocycles. The van der Waals surface area contributed by atoms with Crippen molar-refractivity contribution < 1.29 is 19.5 Å². The highest BCUT2D eigenvalue weighted by Crippen LogP contribution is 2.22. The Bertz CT molecular complexity index is 560. The van der Waals surface area contributed by atoms with Crippen molar-refractivity contribution in [1.29, 1.82) is 0 Å². The fourth-order valence-corrected chi connectivity index (χ4v) is 1.68. The lowest BCUT2D eigenvalue weighted by Gasteiger charge is -2.11. The fraction of sp³-hybridized carbons (Fsp3) is 0.308. The third kappa shape index (κ3) is 5.70. The minimum atomic E-state index is -1.11. The molecule has 0 aliphatic rings. The third-order valence-electron chi connectivity index (χ3n) is 2.32. The predicted molar refractivity (Wildman–Crippen MR) is 78.7 cm³/mol. The van der Waals surface area contributed by atoms with Gasteiger partial charge in [0.05, 0.1) is 22.8 Å². The number of halogens is 1. The average molecular weight is 314 g/mol. The van der Waals surface area contributed by atoms with Gasteiger partial charge in [0.1, 0.15) is 0 Å². The van der Waals surface area contributed by atoms with Gasteiger partial charge in [0, 0.05) is 6.04 Å². The number of benzene rings is 1. The lowest BCUT2D eigenvalue weighted by atomic mass is 10.2. The van der Waals surface area contributed by atoms with E-state index in [4.69, 9.17) is 16.7 Å². The molecule has 0 aliphatic heterocycles. The van der Waals surface area contributed by atoms with Gasteiger partial charge in [-0.05, 0) is 32.0 Å². The topological polar surface area (TPSA) is 108 Å². The second kappa shape index (κ2) is 7.49. The van der Waals surface area contributed by atoms with E-state index in [1.54, 1.807) is 0 Å². The normalized spacial score (nSPS) is 10.1. The van der Waals surface area contributed by atoms with Crippen LogP contribution < -0.4 is 16.0 Å². The van der Waals surface area contributed by atoms with Gasteiger partial charge in [-0.15, -0.1) is 0 Å². The van der Waals surface area contributed by atoms with Gasteiger partial charge in [-0.3, -0.25) is 4.79 Å². The number of anilines is 1. The Morgan fingerprint density at radius 3 is 2.48 bits per heavy atom. The second-order valence-electron chi connectivity index (χ2n) is 4.53. The van der Waals surface area contributed by atoms with Crippen LogP contribution in [0.5, 0.6) is 0 Å². The van der Waals surface area contributed by atoms with E-state index in [2.05, 4.69) is 16.0 Å². The van der Waals surface area contributed by atoms with Crippen molar-refractivity contribution >= 4 is 35.2 Å². The first-order valence-corrected chi connectivity index (χ1v) is 6.54. The summed E-state index contributed by atoms with van der Waals surface area (Å²) >= 11 is 5.86. The smallest absolute Gasteiger partial charge is 0.335 e. The molecule has 0 unspecified atom stereocenters. The lowest BCUT2D eigenvalue weighted by Crippen LogP contribution is -2.41. The maximum Gasteiger partial charge on any atom is 0.335 e. The summed E-state index contributed by atoms with van der Waals surface area (Å²) in [7, 11) is 0. The van der Waals surface area contributed by atoms with Gasteiger partial charge in [-0.2, -0.15) is 0 Å². The van der Waals surface area contributed by atoms with Gasteiger partial charge < -0.3 is 21.1 Å². The van der Waals surface area contributed by atoms with E-state index < -0.39 is 12.0 Å². The van der Waals surface area contributed by atoms with Crippen molar-refractivity contribution in [3.8, 4) is 0 Å². The minimum absolute atomic E-state index is 0.0135. The SMILES string of the molecule is CC(C)NC(=O)CNC(=O)Nc1ccc(C(=O)O)cc1Cl. The lowest BCUT2D eigenvalue weighted by molar-refractivity contribution is -0.120. The summed E-state index contributed by atoms with van der Waals surface area (Å²) < 4.78 is 0. The summed E-state index contributed by atoms with van der Waals surface area (Å²) in [5, 5.41) is 16.3. The third-order valence-corrected chi connectivity index (χ3v) is 2.64. The van der Waals surface area contributed by atoms with Crippen LogP contribution in [-0.4, -0.2) is 35.6 Å². The Labute approximate surface area is 126 Å². The molecule has 0 atom stereocenters. The summed E-state index contributed by atoms with van der Waals surface area (Å²) in [5.74, 6) is -1.43. The van der Waals surface area contributed by atoms with Gasteiger partial charge in [0.15, 0.2) is 0 Å². The van der Waals surface area contributed by atoms with E-state index in [-0.39, 0.29) is 34.8 Å². The number of carbonyl (C=O) groups is 3. The van der Waals surface area contributed by atoms with Crippen LogP contribution in [0.15, 0.2) is 18.2 Å². The summed E-state index contributed by atoms with van der Waals surface area (Å²) in [5.41, 5.74) is 0.269. The van der Waals surface area contributed by atoms with Crippen LogP contribution in [0.25, 0.3) is 0 Å². The van der Waals surface area contributed by atoms with Crippen LogP contribution in [0.2, 0.25) is 5.02 Å². The molecule has 0 heterocycles. The highest BCUT2D eigenvalue weighted by molar-refractivity contribution is 6.34. The predicted octanol–water partition coefficient (Wildman–Crippen LogP) is 1.68. The van der Waals surface area contributed by atoms with Crippen LogP contribution in [0.4, 0.5) is 10.5 Å². The molecule has 4 N–H and O–H groups in total. The Morgan fingerprint density at radius 1 is 1.29 bits per heavy atom. The largest absolute Gasteiger partial charge is 0.478 e. The number of nitrogens with one attached hydrogen (secondary N) is 3. The van der Waals surface area contributed by atoms with Crippen molar-refractivity contribution in [2.45, 2.75) is 19.9 Å². The summed E-state index contributed by atoms with van der Waals surface area (Å²) in [6.07, 6.45) is 0. The molecule has 0 bridgehead atoms. The molecule has 0 aromatic heterocycles. The first kappa shape index (κ1) is 16.8. The molecule has 3 amide bonds. The first-order valence-electron chi connectivity index (χ1n) is 6.16. The van der Waals surface area contributed by atoms with Gasteiger partial charge >= 0.3 is 12.0 Å². The summed E-state index contributed by atoms with van der Waals surface area (Å²) in [6, 6.07) is 3.29. The van der Waals surface area contributed by atoms with Crippen LogP contribution in [0.1, 0.15) is 24.2 Å². The molecule has 0 saturated heterocycles. The van der Waals surface area contributed by atoms with Crippen molar-refractivity contribution in [1.82, 2.24) is 10.6 Å². The van der Waals surface area contributed by atoms with Crippen molar-refractivity contribution in [3.63, 3.8) is 0 Å². The van der Waals surface area contributed by atoms with Crippen molar-refractivity contribution in [2.75, 3.05) is 11.9 Å². The number of rotatable bonds is 5. The maximum atomic E-state index is 11.6. The molecule has 0 spiro atoms. The average Bonchev–Trinajstić information content (AvgIpc) is 2.37. The highest BCUT2D eigenvalue weighted by Gasteiger charge is 2.10. The van der Waals surface area contributed by atoms with E-state index in [1.807, 2.05) is 13.8 Å². The zero-order valence-corrected chi connectivity index (χ0v) is 12.3. The quantitative estimate of drug-likeness (QED) is 0.663. The van der Waals surface area contributed by atoms with Crippen LogP contribution in [-0.2, 0) is 4.79 Å². The second-order valence-corrected chi connectivity index (χ2v) is 4.94. The Morgan fingerprint density at radius 2 is 1.95 bits per heavy atom. The zero-order chi connectivity index (χ0) is 16.0. The van der Waals surface area contributed by atoms with E-state index in [9.17, 15) is 14.4 Å². The van der Waals surface area contributed by atoms with Gasteiger partial charge in [0.2, 0.25) is 5.91 Å². The first-order chi connectivity index (χ1) is 9.79. The molecule has 8 heteroatoms. The minimum Gasteiger partial charge on any atom is -0.478 e. The van der Waals surface area contributed by atoms with E-state index >= 15 is 0 Å². The molecule has 114 valence electrons. The molecule has 0 radical (unpaired) electrons. The van der Waals surface area contributed by atoms with E-state index in [1.165, 1.54) is 18.2 Å². The highest BCUT2D eigenvalue weighted by atomic mass is 35.5. The number of amides is 3. The summed E-state index contributed by atoms with van der Waals surface area (Å²) in [6.45, 7) is 3.44. The fourth-order valence-electron chi connectivity index (χ4n) is 1.45. The number of aromatic carboxylic acids is 1. The molecular formula is C13H16ClN3O4. The van der Waals surface area contributed by atoms with E-state index in [0.29, 0.717) is 0 Å². The van der Waals surface area contributed by atoms with Crippen molar-refractivity contribution in [2.24, 2.45) is 0 Å². The van der Waals surface area contributed by atoms with Gasteiger partial charge in [-0.25, -0.2) is 9.59 Å². The molecule has 7 nitrogen and oxygen atoms in total. The molecule has 1 rings (SSSR count). The van der Waals surface area contributed by atoms with Crippen LogP contribution in [0, 0.1) is 0 Å². The standard InChI is InChI=1S/C13H16ClN3O4/c1-7(2)16-11(18)6-15-13(21)17-10-4-3-8(12(19)20)5-9(10)14/h3-5,7H,6H2,1-2H3,(H,16,18)(H,19,20)(H2,15,17,21). The molecule has 0 fully saturated rings. The maximum absolute atomic E-state index is 11.6. The van der Waals surface area contributed by atoms with Crippen molar-refractivity contribution in [3.05, 3.63) is 28.8 Å². The number of carbonyl (C=O) groups excluding carboxylic acids is 2. The summed E-state index contributed by atoms with van der Waals surface area (Å²) in [4.78, 5) is 33.7. The molecule has 0 saturated carbocycles. The zero-order valence-electron chi connectivity index (χ0n) is 11.6. The number of hydrogen-bond acceptors (Lipinski definition) is 3. The number of carboxylic acid groups (broad SMARTS) is 1. The van der Waals surface area contributed by atoms with E-state index in [0.717, 1.165) is 0 Å². The Hall–Kier alpha value is -2.28. The van der Waals surface area contributed by atoms with Gasteiger partial charge in [0.25, 0.3) is 0 Å². The molecule has 1 aromatic rings. The van der Waals surface area contributed by atoms with Crippen LogP contribution >= 0.6 is 11.6 Å². The monoisotopic (exact) mass is 313 g/mol. The number of hydrogen-bond donors (Lipinski definition) is 4. The number of carboxylic acids is 1. The molecule has 21 heavy (non-hydrogen) atoms. The van der Waals surface area contributed by atoms with Crippen LogP contribution in [0.3, 0.4) is 0 Å². The Balaban J connectivity index is 2.55. The Kier molecular flexibility index (Phi) is 5.98. The number of urea groups is 1.